The Kier molecular flexibility index (Phi) is 6.84. The van der Waals surface area contributed by atoms with E-state index >= 15 is 0 Å². The summed E-state index contributed by atoms with van der Waals surface area (Å²) in [5, 5.41) is 6.22. The molecule has 2 rings (SSSR count). The zero-order valence-electron chi connectivity index (χ0n) is 14.0. The fourth-order valence-electron chi connectivity index (χ4n) is 2.06. The molecule has 0 fully saturated rings. The van der Waals surface area contributed by atoms with E-state index in [1.807, 2.05) is 0 Å². The zero-order valence-corrected chi connectivity index (χ0v) is 16.3. The molecule has 0 spiro atoms. The van der Waals surface area contributed by atoms with Gasteiger partial charge in [0.15, 0.2) is 5.11 Å². The van der Waals surface area contributed by atoms with Gasteiger partial charge in [-0.05, 0) is 42.5 Å². The third kappa shape index (κ3) is 5.10. The number of hydrogen-bond donors (Lipinski definition) is 3. The molecule has 26 heavy (non-hydrogen) atoms. The van der Waals surface area contributed by atoms with Crippen LogP contribution in [0.1, 0.15) is 0 Å². The number of methoxy groups -OCH3 is 1. The van der Waals surface area contributed by atoms with Crippen LogP contribution in [0.4, 0.5) is 11.4 Å². The molecule has 0 radical (unpaired) electrons. The largest absolute Gasteiger partial charge is 0.495 e. The maximum Gasteiger partial charge on any atom is 0.263 e. The molecule has 138 valence electrons. The van der Waals surface area contributed by atoms with Gasteiger partial charge < -0.3 is 15.4 Å². The average molecular weight is 412 g/mol. The molecule has 6 nitrogen and oxygen atoms in total. The Bertz CT molecular complexity index is 917. The van der Waals surface area contributed by atoms with Crippen LogP contribution < -0.4 is 20.1 Å². The van der Waals surface area contributed by atoms with Gasteiger partial charge in [-0.15, -0.1) is 6.58 Å². The first-order chi connectivity index (χ1) is 12.4. The standard InChI is InChI=1S/C17H18ClN3O3S2/c1-3-10-19-17(25)20-12-8-9-13(18)16(11-12)26(22,23)21-14-6-4-5-7-15(14)24-2/h3-9,11,21H,1,10H2,2H3,(H2,19,20,25). The number of hydrogen-bond acceptors (Lipinski definition) is 4. The monoisotopic (exact) mass is 411 g/mol. The van der Waals surface area contributed by atoms with Crippen molar-refractivity contribution < 1.29 is 13.2 Å². The molecular formula is C17H18ClN3O3S2. The summed E-state index contributed by atoms with van der Waals surface area (Å²) in [5.41, 5.74) is 0.795. The molecule has 0 aliphatic rings. The molecule has 0 bridgehead atoms. The first kappa shape index (κ1) is 20.0. The highest BCUT2D eigenvalue weighted by Gasteiger charge is 2.20. The normalized spacial score (nSPS) is 10.7. The van der Waals surface area contributed by atoms with Gasteiger partial charge in [0.25, 0.3) is 10.0 Å². The van der Waals surface area contributed by atoms with E-state index in [2.05, 4.69) is 21.9 Å². The van der Waals surface area contributed by atoms with E-state index in [0.29, 0.717) is 28.8 Å². The lowest BCUT2D eigenvalue weighted by atomic mass is 10.3. The lowest BCUT2D eigenvalue weighted by Gasteiger charge is -2.14. The van der Waals surface area contributed by atoms with Crippen LogP contribution in [0, 0.1) is 0 Å². The van der Waals surface area contributed by atoms with Gasteiger partial charge in [0, 0.05) is 12.2 Å². The van der Waals surface area contributed by atoms with Crippen molar-refractivity contribution in [3.05, 3.63) is 60.1 Å². The number of anilines is 2. The highest BCUT2D eigenvalue weighted by atomic mass is 35.5. The summed E-state index contributed by atoms with van der Waals surface area (Å²) in [6, 6.07) is 11.2. The van der Waals surface area contributed by atoms with Crippen molar-refractivity contribution in [3.8, 4) is 5.75 Å². The van der Waals surface area contributed by atoms with Crippen molar-refractivity contribution in [1.82, 2.24) is 5.32 Å². The van der Waals surface area contributed by atoms with E-state index in [0.717, 1.165) is 0 Å². The Balaban J connectivity index is 2.29. The van der Waals surface area contributed by atoms with Gasteiger partial charge in [-0.25, -0.2) is 8.42 Å². The first-order valence-corrected chi connectivity index (χ1v) is 9.75. The Morgan fingerprint density at radius 3 is 2.73 bits per heavy atom. The zero-order chi connectivity index (χ0) is 19.2. The van der Waals surface area contributed by atoms with Crippen LogP contribution >= 0.6 is 23.8 Å². The van der Waals surface area contributed by atoms with Crippen molar-refractivity contribution in [2.75, 3.05) is 23.7 Å². The summed E-state index contributed by atoms with van der Waals surface area (Å²) in [7, 11) is -2.47. The molecule has 0 amide bonds. The maximum atomic E-state index is 12.8. The molecule has 0 aromatic heterocycles. The SMILES string of the molecule is C=CCNC(=S)Nc1ccc(Cl)c(S(=O)(=O)Nc2ccccc2OC)c1. The number of rotatable bonds is 7. The fourth-order valence-corrected chi connectivity index (χ4v) is 3.85. The minimum Gasteiger partial charge on any atom is -0.495 e. The number of ether oxygens (including phenoxy) is 1. The fraction of sp³-hybridized carbons (Fsp3) is 0.118. The topological polar surface area (TPSA) is 79.5 Å². The minimum atomic E-state index is -3.93. The van der Waals surface area contributed by atoms with Gasteiger partial charge in [0.05, 0.1) is 17.8 Å². The van der Waals surface area contributed by atoms with Crippen molar-refractivity contribution in [2.45, 2.75) is 4.90 Å². The van der Waals surface area contributed by atoms with Crippen LogP contribution in [0.2, 0.25) is 5.02 Å². The van der Waals surface area contributed by atoms with Crippen LogP contribution in [-0.2, 0) is 10.0 Å². The summed E-state index contributed by atoms with van der Waals surface area (Å²) in [4.78, 5) is -0.0819. The Labute approximate surface area is 163 Å². The predicted molar refractivity (Wildman–Crippen MR) is 110 cm³/mol. The van der Waals surface area contributed by atoms with Crippen LogP contribution in [0.25, 0.3) is 0 Å². The molecule has 0 heterocycles. The number of para-hydroxylation sites is 2. The van der Waals surface area contributed by atoms with E-state index < -0.39 is 10.0 Å². The summed E-state index contributed by atoms with van der Waals surface area (Å²) < 4.78 is 33.2. The average Bonchev–Trinajstić information content (AvgIpc) is 2.61. The smallest absolute Gasteiger partial charge is 0.263 e. The minimum absolute atomic E-state index is 0.0819. The van der Waals surface area contributed by atoms with Gasteiger partial charge in [-0.2, -0.15) is 0 Å². The van der Waals surface area contributed by atoms with E-state index in [1.54, 1.807) is 36.4 Å². The molecule has 9 heteroatoms. The van der Waals surface area contributed by atoms with E-state index in [4.69, 9.17) is 28.6 Å². The first-order valence-electron chi connectivity index (χ1n) is 7.48. The molecule has 0 saturated carbocycles. The highest BCUT2D eigenvalue weighted by Crippen LogP contribution is 2.30. The molecule has 2 aromatic rings. The summed E-state index contributed by atoms with van der Waals surface area (Å²) in [6.45, 7) is 4.07. The van der Waals surface area contributed by atoms with Crippen molar-refractivity contribution in [3.63, 3.8) is 0 Å². The van der Waals surface area contributed by atoms with E-state index in [-0.39, 0.29) is 9.92 Å². The predicted octanol–water partition coefficient (Wildman–Crippen LogP) is 3.62. The Hall–Kier alpha value is -2.29. The third-order valence-corrected chi connectivity index (χ3v) is 5.33. The Morgan fingerprint density at radius 2 is 2.04 bits per heavy atom. The quantitative estimate of drug-likeness (QED) is 0.477. The molecule has 2 aromatic carbocycles. The number of thiocarbonyl (C=S) groups is 1. The van der Waals surface area contributed by atoms with Crippen LogP contribution in [-0.4, -0.2) is 27.2 Å². The van der Waals surface area contributed by atoms with Gasteiger partial charge in [0.1, 0.15) is 10.6 Å². The second-order valence-electron chi connectivity index (χ2n) is 5.07. The van der Waals surface area contributed by atoms with Crippen LogP contribution in [0.5, 0.6) is 5.75 Å². The van der Waals surface area contributed by atoms with Crippen LogP contribution in [0.3, 0.4) is 0 Å². The second kappa shape index (κ2) is 8.88. The third-order valence-electron chi connectivity index (χ3n) is 3.24. The molecule has 0 unspecified atom stereocenters. The number of benzene rings is 2. The number of sulfonamides is 1. The number of nitrogens with one attached hydrogen (secondary N) is 3. The highest BCUT2D eigenvalue weighted by molar-refractivity contribution is 7.92. The van der Waals surface area contributed by atoms with Crippen molar-refractivity contribution in [2.24, 2.45) is 0 Å². The molecule has 0 saturated heterocycles. The lowest BCUT2D eigenvalue weighted by molar-refractivity contribution is 0.417. The van der Waals surface area contributed by atoms with Crippen molar-refractivity contribution >= 4 is 50.3 Å². The molecular weight excluding hydrogens is 394 g/mol. The van der Waals surface area contributed by atoms with Crippen LogP contribution in [0.15, 0.2) is 60.0 Å². The number of halogens is 1. The van der Waals surface area contributed by atoms with E-state index in [1.165, 1.54) is 19.2 Å². The maximum absolute atomic E-state index is 12.8. The van der Waals surface area contributed by atoms with Gasteiger partial charge >= 0.3 is 0 Å². The summed E-state index contributed by atoms with van der Waals surface area (Å²) in [5.74, 6) is 0.399. The molecule has 0 aliphatic heterocycles. The molecule has 3 N–H and O–H groups in total. The van der Waals surface area contributed by atoms with Gasteiger partial charge in [0.2, 0.25) is 0 Å². The second-order valence-corrected chi connectivity index (χ2v) is 7.54. The summed E-state index contributed by atoms with van der Waals surface area (Å²) >= 11 is 11.2. The molecule has 0 atom stereocenters. The lowest BCUT2D eigenvalue weighted by Crippen LogP contribution is -2.28. The van der Waals surface area contributed by atoms with Crippen molar-refractivity contribution in [1.29, 1.82) is 0 Å². The molecule has 0 aliphatic carbocycles. The van der Waals surface area contributed by atoms with Gasteiger partial charge in [-0.1, -0.05) is 29.8 Å². The summed E-state index contributed by atoms with van der Waals surface area (Å²) in [6.07, 6.45) is 1.66. The Morgan fingerprint density at radius 1 is 1.31 bits per heavy atom. The van der Waals surface area contributed by atoms with E-state index in [9.17, 15) is 8.42 Å². The van der Waals surface area contributed by atoms with Gasteiger partial charge in [-0.3, -0.25) is 4.72 Å².